The summed E-state index contributed by atoms with van der Waals surface area (Å²) in [6, 6.07) is 7.93. The average Bonchev–Trinajstić information content (AvgIpc) is 3.03. The first-order chi connectivity index (χ1) is 10.2. The van der Waals surface area contributed by atoms with Gasteiger partial charge in [-0.05, 0) is 30.5 Å². The van der Waals surface area contributed by atoms with Gasteiger partial charge in [-0.25, -0.2) is 0 Å². The van der Waals surface area contributed by atoms with Gasteiger partial charge in [-0.2, -0.15) is 0 Å². The molecule has 0 atom stereocenters. The molecule has 1 fully saturated rings. The number of benzene rings is 1. The van der Waals surface area contributed by atoms with E-state index in [-0.39, 0.29) is 11.8 Å². The first-order valence-corrected chi connectivity index (χ1v) is 7.51. The van der Waals surface area contributed by atoms with E-state index < -0.39 is 0 Å². The minimum atomic E-state index is 0.156. The Morgan fingerprint density at radius 3 is 2.76 bits per heavy atom. The summed E-state index contributed by atoms with van der Waals surface area (Å²) in [4.78, 5) is 16.2. The van der Waals surface area contributed by atoms with Crippen LogP contribution in [0.5, 0.6) is 0 Å². The molecule has 0 bridgehead atoms. The minimum absolute atomic E-state index is 0.156. The lowest BCUT2D eigenvalue weighted by atomic mass is 10.1. The fourth-order valence-electron chi connectivity index (χ4n) is 2.66. The number of nitrogens with zero attached hydrogens (tertiary/aromatic N) is 1. The first-order valence-electron chi connectivity index (χ1n) is 7.51. The molecule has 21 heavy (non-hydrogen) atoms. The van der Waals surface area contributed by atoms with Crippen LogP contribution in [0.3, 0.4) is 0 Å². The molecule has 5 nitrogen and oxygen atoms in total. The number of carbonyl (C=O) groups excluding carboxylic acids is 1. The molecule has 0 aliphatic heterocycles. The lowest BCUT2D eigenvalue weighted by Crippen LogP contribution is -2.34. The maximum absolute atomic E-state index is 12.1. The molecule has 1 aromatic carbocycles. The van der Waals surface area contributed by atoms with Gasteiger partial charge in [-0.3, -0.25) is 9.79 Å². The zero-order valence-electron chi connectivity index (χ0n) is 12.8. The molecule has 1 aliphatic carbocycles. The van der Waals surface area contributed by atoms with Crippen LogP contribution in [0.25, 0.3) is 0 Å². The summed E-state index contributed by atoms with van der Waals surface area (Å²) in [6.45, 7) is 0.667. The average molecular weight is 288 g/mol. The van der Waals surface area contributed by atoms with Crippen molar-refractivity contribution in [1.82, 2.24) is 10.6 Å². The van der Waals surface area contributed by atoms with Gasteiger partial charge in [0.2, 0.25) is 5.91 Å². The van der Waals surface area contributed by atoms with Gasteiger partial charge < -0.3 is 16.0 Å². The third-order valence-corrected chi connectivity index (χ3v) is 3.84. The van der Waals surface area contributed by atoms with E-state index in [2.05, 4.69) is 20.9 Å². The van der Waals surface area contributed by atoms with E-state index in [0.717, 1.165) is 30.1 Å². The van der Waals surface area contributed by atoms with Crippen molar-refractivity contribution in [3.05, 3.63) is 29.8 Å². The van der Waals surface area contributed by atoms with Crippen molar-refractivity contribution in [2.24, 2.45) is 10.9 Å². The van der Waals surface area contributed by atoms with Gasteiger partial charge >= 0.3 is 0 Å². The molecule has 5 heteroatoms. The fraction of sp³-hybridized carbons (Fsp3) is 0.500. The quantitative estimate of drug-likeness (QED) is 0.587. The maximum atomic E-state index is 12.1. The third-order valence-electron chi connectivity index (χ3n) is 3.84. The standard InChI is InChI=1S/C16H24N4O/c1-17-16(18-2)19-11-12-6-5-9-14(10-12)20-15(21)13-7-3-4-8-13/h5-6,9-10,13H,3-4,7-8,11H2,1-2H3,(H,20,21)(H2,17,18,19). The van der Waals surface area contributed by atoms with Crippen LogP contribution < -0.4 is 16.0 Å². The van der Waals surface area contributed by atoms with E-state index in [1.807, 2.05) is 31.3 Å². The minimum Gasteiger partial charge on any atom is -0.359 e. The number of hydrogen-bond donors (Lipinski definition) is 3. The van der Waals surface area contributed by atoms with Crippen LogP contribution >= 0.6 is 0 Å². The van der Waals surface area contributed by atoms with Crippen LogP contribution in [-0.4, -0.2) is 26.0 Å². The van der Waals surface area contributed by atoms with Crippen LogP contribution in [0.4, 0.5) is 5.69 Å². The largest absolute Gasteiger partial charge is 0.359 e. The molecule has 1 amide bonds. The van der Waals surface area contributed by atoms with Crippen LogP contribution in [0.15, 0.2) is 29.3 Å². The maximum Gasteiger partial charge on any atom is 0.227 e. The Balaban J connectivity index is 1.92. The second kappa shape index (κ2) is 7.67. The summed E-state index contributed by atoms with van der Waals surface area (Å²) in [5.41, 5.74) is 1.97. The highest BCUT2D eigenvalue weighted by Gasteiger charge is 2.22. The van der Waals surface area contributed by atoms with E-state index >= 15 is 0 Å². The zero-order valence-corrected chi connectivity index (χ0v) is 12.8. The van der Waals surface area contributed by atoms with Gasteiger partial charge in [0, 0.05) is 32.2 Å². The molecule has 1 aromatic rings. The van der Waals surface area contributed by atoms with Crippen molar-refractivity contribution in [2.75, 3.05) is 19.4 Å². The van der Waals surface area contributed by atoms with Crippen LogP contribution in [0, 0.1) is 5.92 Å². The van der Waals surface area contributed by atoms with Gasteiger partial charge in [-0.15, -0.1) is 0 Å². The predicted octanol–water partition coefficient (Wildman–Crippen LogP) is 2.11. The first kappa shape index (κ1) is 15.4. The highest BCUT2D eigenvalue weighted by Crippen LogP contribution is 2.26. The van der Waals surface area contributed by atoms with Gasteiger partial charge in [0.15, 0.2) is 5.96 Å². The number of amides is 1. The third kappa shape index (κ3) is 4.48. The number of rotatable bonds is 4. The Bertz CT molecular complexity index is 507. The molecule has 1 aliphatic rings. The second-order valence-corrected chi connectivity index (χ2v) is 5.35. The molecule has 0 heterocycles. The van der Waals surface area contributed by atoms with E-state index in [1.54, 1.807) is 7.05 Å². The highest BCUT2D eigenvalue weighted by atomic mass is 16.1. The van der Waals surface area contributed by atoms with Crippen molar-refractivity contribution in [3.63, 3.8) is 0 Å². The summed E-state index contributed by atoms with van der Waals surface area (Å²) < 4.78 is 0. The SMILES string of the molecule is CN=C(NC)NCc1cccc(NC(=O)C2CCCC2)c1. The summed E-state index contributed by atoms with van der Waals surface area (Å²) in [5.74, 6) is 1.09. The smallest absolute Gasteiger partial charge is 0.227 e. The van der Waals surface area contributed by atoms with Gasteiger partial charge in [0.25, 0.3) is 0 Å². The number of aliphatic imine (C=N–C) groups is 1. The zero-order chi connectivity index (χ0) is 15.1. The van der Waals surface area contributed by atoms with Crippen molar-refractivity contribution >= 4 is 17.6 Å². The summed E-state index contributed by atoms with van der Waals surface area (Å²) in [6.07, 6.45) is 4.38. The highest BCUT2D eigenvalue weighted by molar-refractivity contribution is 5.92. The number of guanidine groups is 1. The van der Waals surface area contributed by atoms with Gasteiger partial charge in [0.05, 0.1) is 0 Å². The van der Waals surface area contributed by atoms with Crippen molar-refractivity contribution in [2.45, 2.75) is 32.2 Å². The Morgan fingerprint density at radius 2 is 2.10 bits per heavy atom. The Hall–Kier alpha value is -2.04. The molecule has 2 rings (SSSR count). The number of hydrogen-bond acceptors (Lipinski definition) is 2. The van der Waals surface area contributed by atoms with Crippen molar-refractivity contribution in [3.8, 4) is 0 Å². The van der Waals surface area contributed by atoms with E-state index in [9.17, 15) is 4.79 Å². The Kier molecular flexibility index (Phi) is 5.60. The molecule has 0 unspecified atom stereocenters. The molecular formula is C16H24N4O. The molecule has 0 radical (unpaired) electrons. The molecule has 1 saturated carbocycles. The predicted molar refractivity (Wildman–Crippen MR) is 86.3 cm³/mol. The molecule has 114 valence electrons. The summed E-state index contributed by atoms with van der Waals surface area (Å²) >= 11 is 0. The fourth-order valence-corrected chi connectivity index (χ4v) is 2.66. The monoisotopic (exact) mass is 288 g/mol. The number of carbonyl (C=O) groups is 1. The second-order valence-electron chi connectivity index (χ2n) is 5.35. The summed E-state index contributed by atoms with van der Waals surface area (Å²) in [5, 5.41) is 9.20. The van der Waals surface area contributed by atoms with Gasteiger partial charge in [-0.1, -0.05) is 25.0 Å². The van der Waals surface area contributed by atoms with Crippen LogP contribution in [-0.2, 0) is 11.3 Å². The molecule has 0 spiro atoms. The van der Waals surface area contributed by atoms with Crippen LogP contribution in [0.1, 0.15) is 31.2 Å². The number of nitrogens with one attached hydrogen (secondary N) is 3. The van der Waals surface area contributed by atoms with Gasteiger partial charge in [0.1, 0.15) is 0 Å². The molecule has 0 aromatic heterocycles. The Labute approximate surface area is 126 Å². The molecular weight excluding hydrogens is 264 g/mol. The summed E-state index contributed by atoms with van der Waals surface area (Å²) in [7, 11) is 3.56. The topological polar surface area (TPSA) is 65.5 Å². The van der Waals surface area contributed by atoms with Crippen molar-refractivity contribution in [1.29, 1.82) is 0 Å². The lowest BCUT2D eigenvalue weighted by molar-refractivity contribution is -0.119. The molecule has 0 saturated heterocycles. The normalized spacial score (nSPS) is 15.8. The van der Waals surface area contributed by atoms with E-state index in [1.165, 1.54) is 12.8 Å². The van der Waals surface area contributed by atoms with E-state index in [0.29, 0.717) is 6.54 Å². The van der Waals surface area contributed by atoms with E-state index in [4.69, 9.17) is 0 Å². The molecule has 3 N–H and O–H groups in total. The number of anilines is 1. The van der Waals surface area contributed by atoms with Crippen LogP contribution in [0.2, 0.25) is 0 Å². The van der Waals surface area contributed by atoms with Crippen molar-refractivity contribution < 1.29 is 4.79 Å². The lowest BCUT2D eigenvalue weighted by Gasteiger charge is -2.12. The Morgan fingerprint density at radius 1 is 1.33 bits per heavy atom.